The van der Waals surface area contributed by atoms with E-state index in [1.165, 1.54) is 103 Å². The molecule has 6 atom stereocenters. The molecule has 0 saturated carbocycles. The maximum absolute atomic E-state index is 13.2. The van der Waals surface area contributed by atoms with Crippen molar-refractivity contribution in [1.82, 2.24) is 9.80 Å². The van der Waals surface area contributed by atoms with Crippen LogP contribution in [0.3, 0.4) is 0 Å². The van der Waals surface area contributed by atoms with Crippen molar-refractivity contribution in [3.8, 4) is 23.0 Å². The van der Waals surface area contributed by atoms with Gasteiger partial charge in [-0.25, -0.2) is 0 Å². The Hall–Kier alpha value is -3.46. The summed E-state index contributed by atoms with van der Waals surface area (Å²) in [6.07, 6.45) is 32.3. The van der Waals surface area contributed by atoms with E-state index in [4.69, 9.17) is 28.4 Å². The zero-order valence-electron chi connectivity index (χ0n) is 68.4. The van der Waals surface area contributed by atoms with Gasteiger partial charge in [0.05, 0.1) is 38.9 Å². The lowest BCUT2D eigenvalue weighted by Crippen LogP contribution is -2.37. The molecule has 2 aliphatic heterocycles. The van der Waals surface area contributed by atoms with Gasteiger partial charge in [-0.1, -0.05) is 145 Å². The molecule has 6 unspecified atom stereocenters. The number of carbonyl (C=O) groups excluding carboxylic acids is 4. The van der Waals surface area contributed by atoms with Crippen molar-refractivity contribution in [2.45, 2.75) is 367 Å². The van der Waals surface area contributed by atoms with Crippen LogP contribution in [0, 0.1) is 77.0 Å². The molecule has 14 heteroatoms. The number of hydrogen-bond donors (Lipinski definition) is 0. The highest BCUT2D eigenvalue weighted by molar-refractivity contribution is 8.16. The molecule has 12 nitrogen and oxygen atoms in total. The Morgan fingerprint density at radius 3 is 1.06 bits per heavy atom. The van der Waals surface area contributed by atoms with Gasteiger partial charge in [-0.2, -0.15) is 0 Å². The zero-order chi connectivity index (χ0) is 74.7. The van der Waals surface area contributed by atoms with Crippen LogP contribution >= 0.6 is 23.5 Å². The first-order valence-electron chi connectivity index (χ1n) is 40.9. The van der Waals surface area contributed by atoms with Gasteiger partial charge in [0.25, 0.3) is 0 Å². The fourth-order valence-electron chi connectivity index (χ4n) is 15.1. The van der Waals surface area contributed by atoms with E-state index < -0.39 is 11.9 Å². The van der Waals surface area contributed by atoms with Crippen molar-refractivity contribution in [3.63, 3.8) is 0 Å². The summed E-state index contributed by atoms with van der Waals surface area (Å²) in [6.45, 7) is 49.7. The molecular weight excluding hydrogens is 1300 g/mol. The van der Waals surface area contributed by atoms with Crippen LogP contribution in [-0.4, -0.2) is 113 Å². The largest absolute Gasteiger partial charge is 0.487 e. The number of benzene rings is 2. The van der Waals surface area contributed by atoms with E-state index in [1.807, 2.05) is 51.2 Å². The number of ether oxygens (including phenoxy) is 6. The summed E-state index contributed by atoms with van der Waals surface area (Å²) in [5.74, 6) is 8.52. The second-order valence-electron chi connectivity index (χ2n) is 33.5. The predicted octanol–water partition coefficient (Wildman–Crippen LogP) is 22.9. The minimum Gasteiger partial charge on any atom is -0.487 e. The minimum absolute atomic E-state index is 0.00523. The molecule has 4 rings (SSSR count). The topological polar surface area (TPSA) is 130 Å². The first-order valence-corrected chi connectivity index (χ1v) is 43.2. The summed E-state index contributed by atoms with van der Waals surface area (Å²) in [5.41, 5.74) is 7.68. The van der Waals surface area contributed by atoms with Crippen molar-refractivity contribution in [1.29, 1.82) is 0 Å². The second-order valence-corrected chi connectivity index (χ2v) is 36.1. The average molecular weight is 1450 g/mol. The molecule has 0 amide bonds. The molecule has 2 aromatic carbocycles. The Kier molecular flexibility index (Phi) is 42.7. The molecule has 0 radical (unpaired) electrons. The molecule has 2 aromatic rings. The Morgan fingerprint density at radius 2 is 0.723 bits per heavy atom. The summed E-state index contributed by atoms with van der Waals surface area (Å²) in [6, 6.07) is 0.923. The van der Waals surface area contributed by atoms with Crippen molar-refractivity contribution in [3.05, 3.63) is 44.5 Å². The average Bonchev–Trinajstić information content (AvgIpc) is 0.767. The first-order chi connectivity index (χ1) is 47.9. The molecule has 0 spiro atoms. The van der Waals surface area contributed by atoms with Crippen LogP contribution < -0.4 is 18.9 Å². The maximum atomic E-state index is 13.2. The first kappa shape index (κ1) is 89.9. The van der Waals surface area contributed by atoms with Gasteiger partial charge in [0, 0.05) is 52.9 Å². The third-order valence-corrected chi connectivity index (χ3v) is 24.8. The monoisotopic (exact) mass is 1450 g/mol. The van der Waals surface area contributed by atoms with Gasteiger partial charge in [0.1, 0.15) is 34.2 Å². The molecule has 2 heterocycles. The molecule has 0 saturated heterocycles. The summed E-state index contributed by atoms with van der Waals surface area (Å²) >= 11 is 4.02. The van der Waals surface area contributed by atoms with Gasteiger partial charge in [0.15, 0.2) is 0 Å². The smallest absolute Gasteiger partial charge is 0.311 e. The summed E-state index contributed by atoms with van der Waals surface area (Å²) in [4.78, 5) is 56.9. The normalized spacial score (nSPS) is 17.3. The molecule has 0 aliphatic carbocycles. The molecule has 0 fully saturated rings. The van der Waals surface area contributed by atoms with Gasteiger partial charge in [0.2, 0.25) is 0 Å². The Morgan fingerprint density at radius 1 is 0.396 bits per heavy atom. The van der Waals surface area contributed by atoms with Crippen LogP contribution in [0.1, 0.15) is 334 Å². The lowest BCUT2D eigenvalue weighted by molar-refractivity contribution is -0.147. The molecule has 0 bridgehead atoms. The standard InChI is InChI=1S/C87H150N2O10S2/c1-62(2)33-27-35-66(9)37-29-39-68(11)41-31-49-86(19)51-47-76-74(17)82(70(13)72(15)84(76)98-86)96-80(92)45-43-78(90)94-57-25-21-23-53-88(64(5)6)55-59-100-61-101-60-56-89(65(7)8)54-24-22-26-58-95-79(91)44-46-81(93)97-83-71(14)73(16)85-77(75(83)18)48-52-87(20,99-85)50-32-42-69(12)40-30-38-67(10)36-28-34-63(3)4/h62-69H,21-61H2,1-20H3. The fraction of sp³-hybridized carbons (Fsp3) is 0.816. The quantitative estimate of drug-likeness (QED) is 0.0269. The van der Waals surface area contributed by atoms with E-state index in [1.54, 1.807) is 0 Å². The molecule has 0 N–H and O–H groups in total. The number of thioether (sulfide) groups is 2. The van der Waals surface area contributed by atoms with Gasteiger partial charge in [-0.3, -0.25) is 19.2 Å². The molecular formula is C87H150N2O10S2. The zero-order valence-corrected chi connectivity index (χ0v) is 70.0. The van der Waals surface area contributed by atoms with Gasteiger partial charge < -0.3 is 38.2 Å². The van der Waals surface area contributed by atoms with Crippen molar-refractivity contribution >= 4 is 47.4 Å². The minimum atomic E-state index is -0.412. The molecule has 2 aliphatic rings. The number of nitrogens with zero attached hydrogens (tertiary/aromatic N) is 2. The predicted molar refractivity (Wildman–Crippen MR) is 428 cm³/mol. The fourth-order valence-corrected chi connectivity index (χ4v) is 17.2. The van der Waals surface area contributed by atoms with E-state index in [9.17, 15) is 19.2 Å². The van der Waals surface area contributed by atoms with Gasteiger partial charge >= 0.3 is 23.9 Å². The van der Waals surface area contributed by atoms with E-state index in [-0.39, 0.29) is 48.8 Å². The maximum Gasteiger partial charge on any atom is 0.311 e. The highest BCUT2D eigenvalue weighted by Crippen LogP contribution is 2.47. The van der Waals surface area contributed by atoms with Crippen molar-refractivity contribution in [2.24, 2.45) is 35.5 Å². The Labute approximate surface area is 627 Å². The van der Waals surface area contributed by atoms with Crippen LogP contribution in [0.4, 0.5) is 0 Å². The van der Waals surface area contributed by atoms with Gasteiger partial charge in [-0.15, -0.1) is 23.5 Å². The van der Waals surface area contributed by atoms with Crippen LogP contribution in [0.2, 0.25) is 0 Å². The van der Waals surface area contributed by atoms with Gasteiger partial charge in [-0.05, 0) is 255 Å². The number of unbranched alkanes of at least 4 members (excludes halogenated alkanes) is 4. The lowest BCUT2D eigenvalue weighted by atomic mass is 9.83. The van der Waals surface area contributed by atoms with Crippen molar-refractivity contribution in [2.75, 3.05) is 56.0 Å². The van der Waals surface area contributed by atoms with Crippen molar-refractivity contribution < 1.29 is 47.6 Å². The van der Waals surface area contributed by atoms with Crippen LogP contribution in [0.15, 0.2) is 0 Å². The van der Waals surface area contributed by atoms with E-state index >= 15 is 0 Å². The summed E-state index contributed by atoms with van der Waals surface area (Å²) in [5, 5.41) is 1.07. The number of fused-ring (bicyclic) bond motifs is 2. The van der Waals surface area contributed by atoms with E-state index in [0.29, 0.717) is 36.8 Å². The molecule has 580 valence electrons. The third kappa shape index (κ3) is 34.3. The Bertz CT molecular complexity index is 2560. The van der Waals surface area contributed by atoms with Crippen LogP contribution in [0.5, 0.6) is 23.0 Å². The van der Waals surface area contributed by atoms with Crippen LogP contribution in [-0.2, 0) is 41.5 Å². The highest BCUT2D eigenvalue weighted by Gasteiger charge is 2.37. The highest BCUT2D eigenvalue weighted by atomic mass is 32.2. The SMILES string of the molecule is Cc1c(C)c2c(c(C)c1OC(=O)CCC(=O)OCCCCCN(CCSCSCCN(CCCCCOC(=O)CCC(=O)Oc1c(C)c(C)c3c(c1C)CCC(C)(CCCC(C)CCCC(C)CCCC(C)C)O3)C(C)C)C(C)C)CCC(C)(CCCC(C)CCCC(C)CCCC(C)C)O2. The van der Waals surface area contributed by atoms with Crippen LogP contribution in [0.25, 0.3) is 0 Å². The molecule has 101 heavy (non-hydrogen) atoms. The van der Waals surface area contributed by atoms with E-state index in [0.717, 1.165) is 211 Å². The third-order valence-electron chi connectivity index (χ3n) is 22.6. The summed E-state index contributed by atoms with van der Waals surface area (Å²) < 4.78 is 36.9. The lowest BCUT2D eigenvalue weighted by Gasteiger charge is -2.38. The number of rotatable bonds is 54. The number of esters is 4. The number of hydrogen-bond acceptors (Lipinski definition) is 14. The number of carbonyl (C=O) groups is 4. The molecule has 0 aromatic heterocycles. The second kappa shape index (κ2) is 48.0. The van der Waals surface area contributed by atoms with E-state index in [2.05, 4.69) is 121 Å². The summed E-state index contributed by atoms with van der Waals surface area (Å²) in [7, 11) is 0. The Balaban J connectivity index is 1.01.